The van der Waals surface area contributed by atoms with Gasteiger partial charge >= 0.3 is 0 Å². The third-order valence-electron chi connectivity index (χ3n) is 2.12. The summed E-state index contributed by atoms with van der Waals surface area (Å²) >= 11 is 1.79. The average molecular weight is 243 g/mol. The summed E-state index contributed by atoms with van der Waals surface area (Å²) in [6.45, 7) is 10.6. The number of thioether (sulfide) groups is 1. The van der Waals surface area contributed by atoms with Crippen LogP contribution in [0.4, 0.5) is 0 Å². The van der Waals surface area contributed by atoms with Gasteiger partial charge in [-0.1, -0.05) is 39.8 Å². The maximum absolute atomic E-state index is 5.93. The third kappa shape index (κ3) is 4.14. The molecular weight excluding hydrogens is 222 g/mol. The van der Waals surface area contributed by atoms with E-state index in [0.29, 0.717) is 11.8 Å². The highest BCUT2D eigenvalue weighted by Crippen LogP contribution is 2.26. The molecule has 1 aromatic rings. The first-order chi connectivity index (χ1) is 7.29. The third-order valence-corrected chi connectivity index (χ3v) is 3.39. The topological polar surface area (TPSA) is 64.9 Å². The Balaban J connectivity index is 2.58. The molecule has 0 saturated heterocycles. The molecule has 5 heteroatoms. The van der Waals surface area contributed by atoms with E-state index >= 15 is 0 Å². The zero-order valence-electron chi connectivity index (χ0n) is 10.7. The lowest BCUT2D eigenvalue weighted by Gasteiger charge is -2.15. The van der Waals surface area contributed by atoms with Gasteiger partial charge in [-0.05, 0) is 5.92 Å². The van der Waals surface area contributed by atoms with Gasteiger partial charge in [-0.15, -0.1) is 11.8 Å². The lowest BCUT2D eigenvalue weighted by molar-refractivity contribution is 0.323. The van der Waals surface area contributed by atoms with Crippen LogP contribution in [0.15, 0.2) is 4.52 Å². The van der Waals surface area contributed by atoms with Crippen LogP contribution in [0, 0.1) is 5.92 Å². The molecule has 0 aliphatic rings. The first-order valence-electron chi connectivity index (χ1n) is 5.51. The van der Waals surface area contributed by atoms with Crippen molar-refractivity contribution in [3.63, 3.8) is 0 Å². The number of hydrogen-bond acceptors (Lipinski definition) is 5. The summed E-state index contributed by atoms with van der Waals surface area (Å²) in [5, 5.41) is 3.94. The smallest absolute Gasteiger partial charge is 0.243 e. The molecule has 0 saturated carbocycles. The number of rotatable bonds is 4. The fourth-order valence-electron chi connectivity index (χ4n) is 1.03. The Morgan fingerprint density at radius 3 is 2.50 bits per heavy atom. The summed E-state index contributed by atoms with van der Waals surface area (Å²) in [7, 11) is 0. The Bertz CT molecular complexity index is 330. The molecule has 92 valence electrons. The van der Waals surface area contributed by atoms with Crippen LogP contribution < -0.4 is 5.73 Å². The first-order valence-corrected chi connectivity index (χ1v) is 6.50. The lowest BCUT2D eigenvalue weighted by atomic mass is 10.1. The van der Waals surface area contributed by atoms with E-state index in [0.717, 1.165) is 11.6 Å². The minimum Gasteiger partial charge on any atom is -0.338 e. The highest BCUT2D eigenvalue weighted by Gasteiger charge is 2.19. The Morgan fingerprint density at radius 2 is 2.00 bits per heavy atom. The SMILES string of the molecule is CC(C)[C@@H](N)c1nc(CSC(C)(C)C)no1. The van der Waals surface area contributed by atoms with Crippen molar-refractivity contribution in [3.05, 3.63) is 11.7 Å². The van der Waals surface area contributed by atoms with Gasteiger partial charge in [0.1, 0.15) is 0 Å². The molecular formula is C11H21N3OS. The molecule has 0 aliphatic heterocycles. The standard InChI is InChI=1S/C11H21N3OS/c1-7(2)9(12)10-13-8(14-15-10)6-16-11(3,4)5/h7,9H,6,12H2,1-5H3/t9-/m1/s1. The van der Waals surface area contributed by atoms with E-state index in [4.69, 9.17) is 10.3 Å². The maximum atomic E-state index is 5.93. The molecule has 1 aromatic heterocycles. The Morgan fingerprint density at radius 1 is 1.38 bits per heavy atom. The molecule has 1 rings (SSSR count). The summed E-state index contributed by atoms with van der Waals surface area (Å²) in [5.41, 5.74) is 5.93. The van der Waals surface area contributed by atoms with Crippen molar-refractivity contribution in [3.8, 4) is 0 Å². The Hall–Kier alpha value is -0.550. The molecule has 16 heavy (non-hydrogen) atoms. The highest BCUT2D eigenvalue weighted by atomic mass is 32.2. The second-order valence-electron chi connectivity index (χ2n) is 5.22. The molecule has 0 radical (unpaired) electrons. The summed E-state index contributed by atoms with van der Waals surface area (Å²) < 4.78 is 5.36. The van der Waals surface area contributed by atoms with E-state index in [1.807, 2.05) is 13.8 Å². The Kier molecular flexibility index (Phi) is 4.38. The average Bonchev–Trinajstić information content (AvgIpc) is 2.60. The maximum Gasteiger partial charge on any atom is 0.243 e. The second kappa shape index (κ2) is 5.19. The van der Waals surface area contributed by atoms with Gasteiger partial charge in [0.05, 0.1) is 11.8 Å². The van der Waals surface area contributed by atoms with Crippen molar-refractivity contribution in [2.24, 2.45) is 11.7 Å². The minimum atomic E-state index is -0.166. The van der Waals surface area contributed by atoms with Gasteiger partial charge in [-0.25, -0.2) is 0 Å². The van der Waals surface area contributed by atoms with Gasteiger partial charge in [0, 0.05) is 4.75 Å². The minimum absolute atomic E-state index is 0.166. The van der Waals surface area contributed by atoms with Crippen molar-refractivity contribution in [2.45, 2.75) is 51.2 Å². The molecule has 0 aliphatic carbocycles. The van der Waals surface area contributed by atoms with E-state index < -0.39 is 0 Å². The molecule has 4 nitrogen and oxygen atoms in total. The summed E-state index contributed by atoms with van der Waals surface area (Å²) in [6.07, 6.45) is 0. The van der Waals surface area contributed by atoms with Gasteiger partial charge in [0.2, 0.25) is 5.89 Å². The van der Waals surface area contributed by atoms with Crippen LogP contribution in [0.3, 0.4) is 0 Å². The quantitative estimate of drug-likeness (QED) is 0.881. The summed E-state index contributed by atoms with van der Waals surface area (Å²) in [5.74, 6) is 2.34. The van der Waals surface area contributed by atoms with Crippen LogP contribution in [0.5, 0.6) is 0 Å². The molecule has 0 amide bonds. The van der Waals surface area contributed by atoms with E-state index in [9.17, 15) is 0 Å². The molecule has 0 spiro atoms. The van der Waals surface area contributed by atoms with Crippen LogP contribution in [-0.2, 0) is 5.75 Å². The van der Waals surface area contributed by atoms with Crippen LogP contribution in [0.25, 0.3) is 0 Å². The number of aromatic nitrogens is 2. The van der Waals surface area contributed by atoms with E-state index in [-0.39, 0.29) is 10.8 Å². The van der Waals surface area contributed by atoms with Crippen molar-refractivity contribution >= 4 is 11.8 Å². The van der Waals surface area contributed by atoms with Gasteiger partial charge in [0.15, 0.2) is 5.82 Å². The van der Waals surface area contributed by atoms with Crippen LogP contribution in [-0.4, -0.2) is 14.9 Å². The van der Waals surface area contributed by atoms with Crippen LogP contribution in [0.2, 0.25) is 0 Å². The largest absolute Gasteiger partial charge is 0.338 e. The molecule has 0 aromatic carbocycles. The molecule has 2 N–H and O–H groups in total. The lowest BCUT2D eigenvalue weighted by Crippen LogP contribution is -2.17. The highest BCUT2D eigenvalue weighted by molar-refractivity contribution is 7.99. The molecule has 0 fully saturated rings. The summed E-state index contributed by atoms with van der Waals surface area (Å²) in [4.78, 5) is 4.31. The predicted octanol–water partition coefficient (Wildman–Crippen LogP) is 2.76. The first kappa shape index (κ1) is 13.5. The van der Waals surface area contributed by atoms with Gasteiger partial charge < -0.3 is 10.3 Å². The molecule has 1 atom stereocenters. The van der Waals surface area contributed by atoms with Crippen molar-refractivity contribution in [1.82, 2.24) is 10.1 Å². The zero-order valence-corrected chi connectivity index (χ0v) is 11.5. The van der Waals surface area contributed by atoms with Crippen molar-refractivity contribution < 1.29 is 4.52 Å². The number of nitrogens with two attached hydrogens (primary N) is 1. The fraction of sp³-hybridized carbons (Fsp3) is 0.818. The van der Waals surface area contributed by atoms with E-state index in [1.165, 1.54) is 0 Å². The monoisotopic (exact) mass is 243 g/mol. The zero-order chi connectivity index (χ0) is 12.3. The van der Waals surface area contributed by atoms with Crippen molar-refractivity contribution in [1.29, 1.82) is 0 Å². The van der Waals surface area contributed by atoms with Gasteiger partial charge in [-0.2, -0.15) is 4.98 Å². The molecule has 0 unspecified atom stereocenters. The second-order valence-corrected chi connectivity index (χ2v) is 7.02. The van der Waals surface area contributed by atoms with E-state index in [2.05, 4.69) is 30.9 Å². The van der Waals surface area contributed by atoms with Crippen molar-refractivity contribution in [2.75, 3.05) is 0 Å². The number of nitrogens with zero attached hydrogens (tertiary/aromatic N) is 2. The summed E-state index contributed by atoms with van der Waals surface area (Å²) in [6, 6.07) is -0.166. The van der Waals surface area contributed by atoms with Crippen LogP contribution in [0.1, 0.15) is 52.4 Å². The van der Waals surface area contributed by atoms with Gasteiger partial charge in [0.25, 0.3) is 0 Å². The molecule has 1 heterocycles. The predicted molar refractivity (Wildman–Crippen MR) is 67.1 cm³/mol. The van der Waals surface area contributed by atoms with E-state index in [1.54, 1.807) is 11.8 Å². The Labute approximate surface area is 101 Å². The molecule has 0 bridgehead atoms. The normalized spacial score (nSPS) is 14.4. The number of hydrogen-bond donors (Lipinski definition) is 1. The van der Waals surface area contributed by atoms with Gasteiger partial charge in [-0.3, -0.25) is 0 Å². The van der Waals surface area contributed by atoms with Crippen LogP contribution >= 0.6 is 11.8 Å². The fourth-order valence-corrected chi connectivity index (χ4v) is 1.71.